The minimum atomic E-state index is -0.0386. The van der Waals surface area contributed by atoms with E-state index in [4.69, 9.17) is 4.42 Å². The van der Waals surface area contributed by atoms with Crippen molar-refractivity contribution in [2.75, 3.05) is 13.1 Å². The van der Waals surface area contributed by atoms with Crippen molar-refractivity contribution in [3.05, 3.63) is 60.1 Å². The lowest BCUT2D eigenvalue weighted by Crippen LogP contribution is -2.39. The van der Waals surface area contributed by atoms with Crippen LogP contribution in [0, 0.1) is 0 Å². The summed E-state index contributed by atoms with van der Waals surface area (Å²) >= 11 is 0. The number of nitrogens with one attached hydrogen (secondary N) is 1. The number of para-hydroxylation sites is 3. The number of rotatable bonds is 2. The summed E-state index contributed by atoms with van der Waals surface area (Å²) in [6.07, 6.45) is 1.90. The first-order valence-electron chi connectivity index (χ1n) is 8.87. The molecule has 0 radical (unpaired) electrons. The Morgan fingerprint density at radius 1 is 1.15 bits per heavy atom. The Balaban J connectivity index is 1.42. The van der Waals surface area contributed by atoms with Crippen molar-refractivity contribution < 1.29 is 9.21 Å². The second-order valence-electron chi connectivity index (χ2n) is 6.73. The third-order valence-corrected chi connectivity index (χ3v) is 5.04. The van der Waals surface area contributed by atoms with Crippen LogP contribution < -0.4 is 0 Å². The van der Waals surface area contributed by atoms with Crippen molar-refractivity contribution in [2.24, 2.45) is 0 Å². The van der Waals surface area contributed by atoms with Crippen LogP contribution in [0.5, 0.6) is 0 Å². The minimum Gasteiger partial charge on any atom is -0.440 e. The maximum atomic E-state index is 13.0. The molecule has 26 heavy (non-hydrogen) atoms. The molecule has 0 spiro atoms. The lowest BCUT2D eigenvalue weighted by molar-refractivity contribution is 0.0695. The van der Waals surface area contributed by atoms with E-state index in [0.29, 0.717) is 12.2 Å². The van der Waals surface area contributed by atoms with Gasteiger partial charge in [-0.05, 0) is 31.0 Å². The van der Waals surface area contributed by atoms with E-state index in [1.54, 1.807) is 0 Å². The Labute approximate surface area is 149 Å². The topological polar surface area (TPSA) is 75.0 Å². The predicted octanol–water partition coefficient (Wildman–Crippen LogP) is 3.72. The van der Waals surface area contributed by atoms with E-state index in [9.17, 15) is 4.79 Å². The second kappa shape index (κ2) is 5.98. The molecule has 3 heterocycles. The van der Waals surface area contributed by atoms with Crippen LogP contribution >= 0.6 is 0 Å². The van der Waals surface area contributed by atoms with Crippen LogP contribution in [0.4, 0.5) is 0 Å². The summed E-state index contributed by atoms with van der Waals surface area (Å²) in [6.45, 7) is 1.34. The van der Waals surface area contributed by atoms with Gasteiger partial charge in [-0.25, -0.2) is 4.98 Å². The zero-order valence-electron chi connectivity index (χ0n) is 14.2. The van der Waals surface area contributed by atoms with Gasteiger partial charge in [-0.2, -0.15) is 5.10 Å². The van der Waals surface area contributed by atoms with E-state index in [1.807, 2.05) is 53.4 Å². The number of H-pyrrole nitrogens is 1. The second-order valence-corrected chi connectivity index (χ2v) is 6.73. The van der Waals surface area contributed by atoms with E-state index < -0.39 is 0 Å². The fraction of sp³-hybridized carbons (Fsp3) is 0.250. The molecule has 0 bridgehead atoms. The van der Waals surface area contributed by atoms with Crippen molar-refractivity contribution in [3.8, 4) is 0 Å². The van der Waals surface area contributed by atoms with Crippen LogP contribution in [0.15, 0.2) is 52.9 Å². The molecule has 1 atom stereocenters. The molecule has 1 aliphatic heterocycles. The number of hydrogen-bond acceptors (Lipinski definition) is 4. The van der Waals surface area contributed by atoms with E-state index in [-0.39, 0.29) is 11.8 Å². The Kier molecular flexibility index (Phi) is 3.48. The molecule has 1 aliphatic rings. The predicted molar refractivity (Wildman–Crippen MR) is 98.0 cm³/mol. The van der Waals surface area contributed by atoms with Gasteiger partial charge < -0.3 is 9.32 Å². The molecule has 1 amide bonds. The van der Waals surface area contributed by atoms with Crippen LogP contribution in [-0.4, -0.2) is 39.1 Å². The quantitative estimate of drug-likeness (QED) is 0.600. The van der Waals surface area contributed by atoms with E-state index in [1.165, 1.54) is 0 Å². The maximum absolute atomic E-state index is 13.0. The molecule has 1 fully saturated rings. The molecule has 2 aromatic carbocycles. The van der Waals surface area contributed by atoms with Crippen LogP contribution in [0.25, 0.3) is 22.0 Å². The summed E-state index contributed by atoms with van der Waals surface area (Å²) in [5.41, 5.74) is 3.02. The number of fused-ring (bicyclic) bond motifs is 2. The summed E-state index contributed by atoms with van der Waals surface area (Å²) in [5, 5.41) is 8.05. The van der Waals surface area contributed by atoms with Gasteiger partial charge in [0.05, 0.1) is 11.4 Å². The van der Waals surface area contributed by atoms with E-state index in [0.717, 1.165) is 47.3 Å². The average Bonchev–Trinajstić information content (AvgIpc) is 3.32. The average molecular weight is 346 g/mol. The smallest absolute Gasteiger partial charge is 0.275 e. The van der Waals surface area contributed by atoms with Crippen molar-refractivity contribution in [1.82, 2.24) is 20.1 Å². The van der Waals surface area contributed by atoms with Crippen LogP contribution in [0.3, 0.4) is 0 Å². The zero-order valence-corrected chi connectivity index (χ0v) is 14.2. The first-order valence-corrected chi connectivity index (χ1v) is 8.87. The number of carbonyl (C=O) groups excluding carboxylic acids is 1. The van der Waals surface area contributed by atoms with Crippen molar-refractivity contribution in [2.45, 2.75) is 18.8 Å². The van der Waals surface area contributed by atoms with Crippen LogP contribution in [-0.2, 0) is 0 Å². The van der Waals surface area contributed by atoms with E-state index in [2.05, 4.69) is 15.2 Å². The fourth-order valence-corrected chi connectivity index (χ4v) is 3.70. The summed E-state index contributed by atoms with van der Waals surface area (Å²) in [7, 11) is 0. The van der Waals surface area contributed by atoms with Crippen molar-refractivity contribution in [3.63, 3.8) is 0 Å². The summed E-state index contributed by atoms with van der Waals surface area (Å²) < 4.78 is 5.93. The normalized spacial score (nSPS) is 17.8. The fourth-order valence-electron chi connectivity index (χ4n) is 3.70. The Bertz CT molecular complexity index is 1060. The summed E-state index contributed by atoms with van der Waals surface area (Å²) in [6, 6.07) is 15.5. The number of nitrogens with zero attached hydrogens (tertiary/aromatic N) is 3. The van der Waals surface area contributed by atoms with Crippen molar-refractivity contribution in [1.29, 1.82) is 0 Å². The Hall–Kier alpha value is -3.15. The molecule has 1 N–H and O–H groups in total. The molecule has 2 aromatic heterocycles. The lowest BCUT2D eigenvalue weighted by Gasteiger charge is -2.30. The molecule has 130 valence electrons. The molecule has 6 heteroatoms. The van der Waals surface area contributed by atoms with Gasteiger partial charge in [0.15, 0.2) is 17.2 Å². The Morgan fingerprint density at radius 2 is 2.00 bits per heavy atom. The van der Waals surface area contributed by atoms with Gasteiger partial charge in [-0.15, -0.1) is 0 Å². The number of amides is 1. The molecule has 6 nitrogen and oxygen atoms in total. The molecule has 1 saturated heterocycles. The summed E-state index contributed by atoms with van der Waals surface area (Å²) in [4.78, 5) is 19.5. The van der Waals surface area contributed by atoms with Gasteiger partial charge in [0.2, 0.25) is 0 Å². The van der Waals surface area contributed by atoms with Crippen LogP contribution in [0.1, 0.15) is 35.1 Å². The van der Waals surface area contributed by atoms with Gasteiger partial charge >= 0.3 is 0 Å². The molecular weight excluding hydrogens is 328 g/mol. The number of piperidine rings is 1. The molecule has 0 saturated carbocycles. The zero-order chi connectivity index (χ0) is 17.5. The maximum Gasteiger partial charge on any atom is 0.275 e. The highest BCUT2D eigenvalue weighted by atomic mass is 16.3. The van der Waals surface area contributed by atoms with Crippen molar-refractivity contribution >= 4 is 27.9 Å². The van der Waals surface area contributed by atoms with Gasteiger partial charge in [0.1, 0.15) is 5.52 Å². The molecule has 5 rings (SSSR count). The number of carbonyl (C=O) groups is 1. The third-order valence-electron chi connectivity index (χ3n) is 5.04. The van der Waals surface area contributed by atoms with Crippen LogP contribution in [0.2, 0.25) is 0 Å². The Morgan fingerprint density at radius 3 is 2.92 bits per heavy atom. The highest BCUT2D eigenvalue weighted by molar-refractivity contribution is 6.04. The highest BCUT2D eigenvalue weighted by Crippen LogP contribution is 2.30. The number of benzene rings is 2. The SMILES string of the molecule is O=C(c1n[nH]c2ccccc12)N1CCC[C@H](c2nc3ccccc3o2)C1. The number of aromatic nitrogens is 3. The van der Waals surface area contributed by atoms with Gasteiger partial charge in [0.25, 0.3) is 5.91 Å². The van der Waals surface area contributed by atoms with E-state index >= 15 is 0 Å². The monoisotopic (exact) mass is 346 g/mol. The molecule has 0 aliphatic carbocycles. The minimum absolute atomic E-state index is 0.0386. The molecule has 0 unspecified atom stereocenters. The molecule has 4 aromatic rings. The highest BCUT2D eigenvalue weighted by Gasteiger charge is 2.30. The first kappa shape index (κ1) is 15.1. The number of aromatic amines is 1. The van der Waals surface area contributed by atoms with Gasteiger partial charge in [-0.3, -0.25) is 9.89 Å². The number of oxazole rings is 1. The lowest BCUT2D eigenvalue weighted by atomic mass is 9.97. The van der Waals surface area contributed by atoms with Gasteiger partial charge in [0, 0.05) is 18.5 Å². The third kappa shape index (κ3) is 2.45. The summed E-state index contributed by atoms with van der Waals surface area (Å²) in [5.74, 6) is 0.796. The number of likely N-dealkylation sites (tertiary alicyclic amines) is 1. The number of hydrogen-bond donors (Lipinski definition) is 1. The first-order chi connectivity index (χ1) is 12.8. The standard InChI is InChI=1S/C20H18N4O2/c25-20(18-14-7-1-2-8-15(14)22-23-18)24-11-5-6-13(12-24)19-21-16-9-3-4-10-17(16)26-19/h1-4,7-10,13H,5-6,11-12H2,(H,22,23)/t13-/m0/s1. The van der Waals surface area contributed by atoms with Gasteiger partial charge in [-0.1, -0.05) is 30.3 Å². The molecular formula is C20H18N4O2. The largest absolute Gasteiger partial charge is 0.440 e.